The van der Waals surface area contributed by atoms with Crippen LogP contribution < -0.4 is 5.73 Å². The van der Waals surface area contributed by atoms with E-state index in [-0.39, 0.29) is 0 Å². The van der Waals surface area contributed by atoms with Crippen LogP contribution in [0.3, 0.4) is 0 Å². The first-order valence-electron chi connectivity index (χ1n) is 7.72. The molecule has 1 heterocycles. The van der Waals surface area contributed by atoms with Gasteiger partial charge in [0.2, 0.25) is 0 Å². The van der Waals surface area contributed by atoms with E-state index in [1.165, 1.54) is 57.9 Å². The van der Waals surface area contributed by atoms with Crippen LogP contribution in [0.2, 0.25) is 0 Å². The molecule has 0 amide bonds. The first kappa shape index (κ1) is 12.0. The third-order valence-electron chi connectivity index (χ3n) is 5.69. The smallest absolute Gasteiger partial charge is 0.0337 e. The average Bonchev–Trinajstić information content (AvgIpc) is 3.12. The van der Waals surface area contributed by atoms with Crippen LogP contribution in [0.4, 0.5) is 0 Å². The molecule has 98 valence electrons. The Hall–Kier alpha value is -0.0800. The van der Waals surface area contributed by atoms with Gasteiger partial charge in [0.25, 0.3) is 0 Å². The molecule has 0 spiro atoms. The topological polar surface area (TPSA) is 29.3 Å². The van der Waals surface area contributed by atoms with Crippen molar-refractivity contribution >= 4 is 0 Å². The van der Waals surface area contributed by atoms with Crippen LogP contribution in [-0.2, 0) is 0 Å². The van der Waals surface area contributed by atoms with Crippen molar-refractivity contribution in [2.45, 2.75) is 69.9 Å². The summed E-state index contributed by atoms with van der Waals surface area (Å²) in [6.45, 7) is 4.60. The van der Waals surface area contributed by atoms with E-state index in [0.29, 0.717) is 5.54 Å². The van der Waals surface area contributed by atoms with Crippen molar-refractivity contribution in [3.05, 3.63) is 0 Å². The lowest BCUT2D eigenvalue weighted by molar-refractivity contribution is 0.0259. The summed E-state index contributed by atoms with van der Waals surface area (Å²) in [7, 11) is 0. The lowest BCUT2D eigenvalue weighted by atomic mass is 9.72. The van der Waals surface area contributed by atoms with Gasteiger partial charge < -0.3 is 5.73 Å². The second kappa shape index (κ2) is 4.55. The van der Waals surface area contributed by atoms with Crippen LogP contribution in [-0.4, -0.2) is 29.6 Å². The molecule has 3 unspecified atom stereocenters. The monoisotopic (exact) mass is 236 g/mol. The Morgan fingerprint density at radius 1 is 1.12 bits per heavy atom. The predicted molar refractivity (Wildman–Crippen MR) is 71.9 cm³/mol. The maximum Gasteiger partial charge on any atom is 0.0337 e. The number of likely N-dealkylation sites (tertiary alicyclic amines) is 1. The summed E-state index contributed by atoms with van der Waals surface area (Å²) in [6, 6.07) is 0.775. The molecule has 0 radical (unpaired) electrons. The van der Waals surface area contributed by atoms with Crippen LogP contribution in [0, 0.1) is 11.8 Å². The van der Waals surface area contributed by atoms with E-state index < -0.39 is 0 Å². The Balaban J connectivity index is 1.75. The van der Waals surface area contributed by atoms with Crippen LogP contribution in [0.15, 0.2) is 0 Å². The first-order valence-corrected chi connectivity index (χ1v) is 7.72. The van der Waals surface area contributed by atoms with Gasteiger partial charge in [0.05, 0.1) is 0 Å². The van der Waals surface area contributed by atoms with E-state index in [9.17, 15) is 0 Å². The zero-order valence-electron chi connectivity index (χ0n) is 11.3. The van der Waals surface area contributed by atoms with E-state index in [0.717, 1.165) is 24.4 Å². The second-order valence-corrected chi connectivity index (χ2v) is 6.81. The minimum atomic E-state index is 0.376. The summed E-state index contributed by atoms with van der Waals surface area (Å²) >= 11 is 0. The van der Waals surface area contributed by atoms with Crippen LogP contribution in [0.1, 0.15) is 58.3 Å². The molecule has 2 heteroatoms. The fourth-order valence-electron chi connectivity index (χ4n) is 4.56. The second-order valence-electron chi connectivity index (χ2n) is 6.81. The number of nitrogens with two attached hydrogens (primary N) is 1. The molecule has 3 atom stereocenters. The molecule has 3 aliphatic rings. The van der Waals surface area contributed by atoms with Gasteiger partial charge in [-0.2, -0.15) is 0 Å². The summed E-state index contributed by atoms with van der Waals surface area (Å²) in [6.07, 6.45) is 11.4. The van der Waals surface area contributed by atoms with Crippen LogP contribution in [0.5, 0.6) is 0 Å². The molecular weight excluding hydrogens is 208 g/mol. The van der Waals surface area contributed by atoms with Gasteiger partial charge in [-0.15, -0.1) is 0 Å². The van der Waals surface area contributed by atoms with E-state index >= 15 is 0 Å². The molecule has 2 aliphatic carbocycles. The van der Waals surface area contributed by atoms with Gasteiger partial charge in [-0.25, -0.2) is 0 Å². The average molecular weight is 236 g/mol. The first-order chi connectivity index (χ1) is 8.25. The molecule has 2 nitrogen and oxygen atoms in total. The Bertz CT molecular complexity index is 274. The maximum atomic E-state index is 6.22. The van der Waals surface area contributed by atoms with Gasteiger partial charge in [-0.3, -0.25) is 4.90 Å². The summed E-state index contributed by atoms with van der Waals surface area (Å²) in [5.41, 5.74) is 6.60. The Morgan fingerprint density at radius 2 is 1.94 bits per heavy atom. The van der Waals surface area contributed by atoms with Gasteiger partial charge in [-0.1, -0.05) is 12.8 Å². The van der Waals surface area contributed by atoms with Crippen LogP contribution >= 0.6 is 0 Å². The Morgan fingerprint density at radius 3 is 2.53 bits per heavy atom. The summed E-state index contributed by atoms with van der Waals surface area (Å²) < 4.78 is 0. The third kappa shape index (κ3) is 2.15. The van der Waals surface area contributed by atoms with Gasteiger partial charge in [-0.05, 0) is 63.8 Å². The van der Waals surface area contributed by atoms with Gasteiger partial charge >= 0.3 is 0 Å². The number of hydrogen-bond donors (Lipinski definition) is 1. The fourth-order valence-corrected chi connectivity index (χ4v) is 4.56. The number of rotatable bonds is 3. The van der Waals surface area contributed by atoms with Crippen molar-refractivity contribution in [2.75, 3.05) is 13.1 Å². The Kier molecular flexibility index (Phi) is 3.20. The lowest BCUT2D eigenvalue weighted by Crippen LogP contribution is -2.57. The minimum Gasteiger partial charge on any atom is -0.329 e. The predicted octanol–water partition coefficient (Wildman–Crippen LogP) is 2.77. The highest BCUT2D eigenvalue weighted by atomic mass is 15.2. The summed E-state index contributed by atoms with van der Waals surface area (Å²) in [5.74, 6) is 2.07. The van der Waals surface area contributed by atoms with E-state index in [1.807, 2.05) is 0 Å². The molecule has 0 aromatic carbocycles. The molecule has 0 aromatic heterocycles. The Labute approximate surface area is 106 Å². The highest BCUT2D eigenvalue weighted by Crippen LogP contribution is 2.49. The highest BCUT2D eigenvalue weighted by Gasteiger charge is 2.46. The maximum absolute atomic E-state index is 6.22. The third-order valence-corrected chi connectivity index (χ3v) is 5.69. The standard InChI is InChI=1S/C15H28N2/c1-12-4-3-9-17(12)15(11-16)8-2-5-14(10-15)13-6-7-13/h12-14H,2-11,16H2,1H3. The number of hydrogen-bond acceptors (Lipinski definition) is 2. The highest BCUT2D eigenvalue weighted by molar-refractivity contribution is 5.02. The molecule has 0 aromatic rings. The van der Waals surface area contributed by atoms with Crippen molar-refractivity contribution < 1.29 is 0 Å². The van der Waals surface area contributed by atoms with E-state index in [2.05, 4.69) is 11.8 Å². The minimum absolute atomic E-state index is 0.376. The molecular formula is C15H28N2. The van der Waals surface area contributed by atoms with Crippen molar-refractivity contribution in [3.63, 3.8) is 0 Å². The van der Waals surface area contributed by atoms with Gasteiger partial charge in [0.15, 0.2) is 0 Å². The molecule has 3 fully saturated rings. The van der Waals surface area contributed by atoms with Crippen molar-refractivity contribution in [1.29, 1.82) is 0 Å². The van der Waals surface area contributed by atoms with Gasteiger partial charge in [0.1, 0.15) is 0 Å². The molecule has 1 saturated heterocycles. The number of nitrogens with zero attached hydrogens (tertiary/aromatic N) is 1. The quantitative estimate of drug-likeness (QED) is 0.816. The normalized spacial score (nSPS) is 44.1. The molecule has 0 bridgehead atoms. The van der Waals surface area contributed by atoms with Crippen molar-refractivity contribution in [2.24, 2.45) is 17.6 Å². The molecule has 17 heavy (non-hydrogen) atoms. The SMILES string of the molecule is CC1CCCN1C1(CN)CCCC(C2CC2)C1. The zero-order chi connectivity index (χ0) is 11.9. The summed E-state index contributed by atoms with van der Waals surface area (Å²) in [5, 5.41) is 0. The molecule has 3 rings (SSSR count). The van der Waals surface area contributed by atoms with Crippen molar-refractivity contribution in [1.82, 2.24) is 4.90 Å². The zero-order valence-corrected chi connectivity index (χ0v) is 11.3. The van der Waals surface area contributed by atoms with Crippen molar-refractivity contribution in [3.8, 4) is 0 Å². The van der Waals surface area contributed by atoms with E-state index in [4.69, 9.17) is 5.73 Å². The molecule has 2 N–H and O–H groups in total. The molecule has 1 aliphatic heterocycles. The summed E-state index contributed by atoms with van der Waals surface area (Å²) in [4.78, 5) is 2.78. The van der Waals surface area contributed by atoms with Gasteiger partial charge in [0, 0.05) is 18.1 Å². The lowest BCUT2D eigenvalue weighted by Gasteiger charge is -2.49. The fraction of sp³-hybridized carbons (Fsp3) is 1.00. The largest absolute Gasteiger partial charge is 0.329 e. The molecule has 2 saturated carbocycles. The van der Waals surface area contributed by atoms with Crippen LogP contribution in [0.25, 0.3) is 0 Å². The van der Waals surface area contributed by atoms with E-state index in [1.54, 1.807) is 0 Å².